The summed E-state index contributed by atoms with van der Waals surface area (Å²) < 4.78 is 16.6. The Morgan fingerprint density at radius 2 is 1.78 bits per heavy atom. The fourth-order valence-corrected chi connectivity index (χ4v) is 3.27. The van der Waals surface area contributed by atoms with E-state index in [9.17, 15) is 4.79 Å². The number of amides is 1. The molecule has 0 unspecified atom stereocenters. The first-order valence-electron chi connectivity index (χ1n) is 9.60. The predicted octanol–water partition coefficient (Wildman–Crippen LogP) is 2.96. The Bertz CT molecular complexity index is 722. The van der Waals surface area contributed by atoms with Gasteiger partial charge in [0, 0.05) is 26.2 Å². The van der Waals surface area contributed by atoms with Crippen LogP contribution in [0, 0.1) is 0 Å². The Morgan fingerprint density at radius 1 is 1.04 bits per heavy atom. The van der Waals surface area contributed by atoms with Crippen molar-refractivity contribution < 1.29 is 18.7 Å². The number of nitrogens with zero attached hydrogens (tertiary/aromatic N) is 2. The number of hydrogen-bond donors (Lipinski definition) is 0. The van der Waals surface area contributed by atoms with Crippen LogP contribution in [0.3, 0.4) is 0 Å². The summed E-state index contributed by atoms with van der Waals surface area (Å²) in [5, 5.41) is 0. The third kappa shape index (κ3) is 5.26. The van der Waals surface area contributed by atoms with Gasteiger partial charge in [0.05, 0.1) is 32.4 Å². The van der Waals surface area contributed by atoms with Crippen LogP contribution in [0.2, 0.25) is 0 Å². The second-order valence-electron chi connectivity index (χ2n) is 6.56. The van der Waals surface area contributed by atoms with E-state index < -0.39 is 0 Å². The smallest absolute Gasteiger partial charge is 0.227 e. The summed E-state index contributed by atoms with van der Waals surface area (Å²) in [6.07, 6.45) is 2.08. The van der Waals surface area contributed by atoms with E-state index in [2.05, 4.69) is 4.90 Å². The summed E-state index contributed by atoms with van der Waals surface area (Å²) in [5.74, 6) is 2.54. The van der Waals surface area contributed by atoms with Crippen LogP contribution in [0.25, 0.3) is 0 Å². The number of ether oxygens (including phenoxy) is 2. The Balaban J connectivity index is 1.53. The van der Waals surface area contributed by atoms with Crippen molar-refractivity contribution in [2.24, 2.45) is 0 Å². The molecule has 6 nitrogen and oxygen atoms in total. The van der Waals surface area contributed by atoms with E-state index in [1.54, 1.807) is 6.26 Å². The molecular formula is C21H28N2O4. The van der Waals surface area contributed by atoms with Gasteiger partial charge >= 0.3 is 0 Å². The standard InChI is InChI=1S/C21H28N2O4/c1-3-25-19-8-7-17(14-20(19)26-4-2)15-21(24)23-11-9-22(10-12-23)16-18-6-5-13-27-18/h5-8,13-14H,3-4,9-12,15-16H2,1-2H3. The summed E-state index contributed by atoms with van der Waals surface area (Å²) in [7, 11) is 0. The first kappa shape index (κ1) is 19.3. The SMILES string of the molecule is CCOc1ccc(CC(=O)N2CCN(Cc3ccco3)CC2)cc1OCC. The molecule has 6 heteroatoms. The second-order valence-corrected chi connectivity index (χ2v) is 6.56. The molecule has 2 aromatic rings. The average molecular weight is 372 g/mol. The first-order valence-corrected chi connectivity index (χ1v) is 9.60. The van der Waals surface area contributed by atoms with Gasteiger partial charge in [-0.15, -0.1) is 0 Å². The molecule has 1 amide bonds. The molecule has 1 aromatic carbocycles. The highest BCUT2D eigenvalue weighted by Crippen LogP contribution is 2.29. The van der Waals surface area contributed by atoms with Gasteiger partial charge in [-0.1, -0.05) is 6.07 Å². The second kappa shape index (κ2) is 9.46. The molecule has 1 aliphatic rings. The third-order valence-electron chi connectivity index (χ3n) is 4.65. The fraction of sp³-hybridized carbons (Fsp3) is 0.476. The van der Waals surface area contributed by atoms with Gasteiger partial charge in [-0.05, 0) is 43.7 Å². The van der Waals surface area contributed by atoms with Crippen LogP contribution in [0.5, 0.6) is 11.5 Å². The van der Waals surface area contributed by atoms with Crippen molar-refractivity contribution in [3.63, 3.8) is 0 Å². The Kier molecular flexibility index (Phi) is 6.76. The molecule has 0 spiro atoms. The minimum atomic E-state index is 0.152. The lowest BCUT2D eigenvalue weighted by Gasteiger charge is -2.34. The van der Waals surface area contributed by atoms with E-state index in [-0.39, 0.29) is 5.91 Å². The van der Waals surface area contributed by atoms with Crippen LogP contribution < -0.4 is 9.47 Å². The molecule has 1 saturated heterocycles. The van der Waals surface area contributed by atoms with Crippen molar-refractivity contribution in [2.75, 3.05) is 39.4 Å². The molecule has 0 radical (unpaired) electrons. The first-order chi connectivity index (χ1) is 13.2. The van der Waals surface area contributed by atoms with Crippen LogP contribution in [-0.2, 0) is 17.8 Å². The summed E-state index contributed by atoms with van der Waals surface area (Å²) in [6.45, 7) is 9.04. The van der Waals surface area contributed by atoms with Gasteiger partial charge in [0.1, 0.15) is 5.76 Å². The van der Waals surface area contributed by atoms with Crippen LogP contribution >= 0.6 is 0 Å². The highest BCUT2D eigenvalue weighted by Gasteiger charge is 2.22. The van der Waals surface area contributed by atoms with Gasteiger partial charge in [-0.3, -0.25) is 9.69 Å². The normalized spacial score (nSPS) is 15.0. The van der Waals surface area contributed by atoms with Crippen LogP contribution in [0.15, 0.2) is 41.0 Å². The van der Waals surface area contributed by atoms with Crippen molar-refractivity contribution in [1.82, 2.24) is 9.80 Å². The molecule has 1 aromatic heterocycles. The maximum absolute atomic E-state index is 12.7. The fourth-order valence-electron chi connectivity index (χ4n) is 3.27. The van der Waals surface area contributed by atoms with Gasteiger partial charge in [-0.2, -0.15) is 0 Å². The number of carbonyl (C=O) groups excluding carboxylic acids is 1. The van der Waals surface area contributed by atoms with Crippen molar-refractivity contribution in [1.29, 1.82) is 0 Å². The molecule has 0 atom stereocenters. The van der Waals surface area contributed by atoms with Crippen LogP contribution in [0.4, 0.5) is 0 Å². The van der Waals surface area contributed by atoms with E-state index in [1.807, 2.05) is 49.1 Å². The molecule has 0 bridgehead atoms. The third-order valence-corrected chi connectivity index (χ3v) is 4.65. The van der Waals surface area contributed by atoms with Crippen molar-refractivity contribution >= 4 is 5.91 Å². The monoisotopic (exact) mass is 372 g/mol. The number of piperazine rings is 1. The van der Waals surface area contributed by atoms with Gasteiger partial charge < -0.3 is 18.8 Å². The van der Waals surface area contributed by atoms with Crippen molar-refractivity contribution in [3.05, 3.63) is 47.9 Å². The maximum Gasteiger partial charge on any atom is 0.227 e. The van der Waals surface area contributed by atoms with E-state index >= 15 is 0 Å². The van der Waals surface area contributed by atoms with Gasteiger partial charge in [0.15, 0.2) is 11.5 Å². The Morgan fingerprint density at radius 3 is 2.44 bits per heavy atom. The molecule has 2 heterocycles. The van der Waals surface area contributed by atoms with Crippen LogP contribution in [-0.4, -0.2) is 55.1 Å². The molecule has 1 aliphatic heterocycles. The van der Waals surface area contributed by atoms with Gasteiger partial charge in [-0.25, -0.2) is 0 Å². The summed E-state index contributed by atoms with van der Waals surface area (Å²) in [4.78, 5) is 16.9. The van der Waals surface area contributed by atoms with Crippen LogP contribution in [0.1, 0.15) is 25.2 Å². The molecule has 146 valence electrons. The van der Waals surface area contributed by atoms with E-state index in [4.69, 9.17) is 13.9 Å². The Hall–Kier alpha value is -2.47. The molecule has 0 aliphatic carbocycles. The highest BCUT2D eigenvalue weighted by molar-refractivity contribution is 5.79. The lowest BCUT2D eigenvalue weighted by molar-refractivity contribution is -0.132. The van der Waals surface area contributed by atoms with Gasteiger partial charge in [0.2, 0.25) is 5.91 Å². The number of benzene rings is 1. The summed E-state index contributed by atoms with van der Waals surface area (Å²) in [5.41, 5.74) is 0.949. The zero-order valence-electron chi connectivity index (χ0n) is 16.1. The molecule has 0 N–H and O–H groups in total. The maximum atomic E-state index is 12.7. The summed E-state index contributed by atoms with van der Waals surface area (Å²) >= 11 is 0. The van der Waals surface area contributed by atoms with Crippen molar-refractivity contribution in [3.8, 4) is 11.5 Å². The lowest BCUT2D eigenvalue weighted by atomic mass is 10.1. The molecule has 0 saturated carbocycles. The quantitative estimate of drug-likeness (QED) is 0.713. The minimum absolute atomic E-state index is 0.152. The van der Waals surface area contributed by atoms with E-state index in [0.717, 1.165) is 49.8 Å². The number of carbonyl (C=O) groups is 1. The largest absolute Gasteiger partial charge is 0.490 e. The molecule has 27 heavy (non-hydrogen) atoms. The number of rotatable bonds is 8. The molecule has 1 fully saturated rings. The van der Waals surface area contributed by atoms with E-state index in [0.29, 0.717) is 25.4 Å². The topological polar surface area (TPSA) is 55.2 Å². The Labute approximate surface area is 160 Å². The molecule has 3 rings (SSSR count). The summed E-state index contributed by atoms with van der Waals surface area (Å²) in [6, 6.07) is 9.64. The predicted molar refractivity (Wildman–Crippen MR) is 103 cm³/mol. The zero-order chi connectivity index (χ0) is 19.1. The van der Waals surface area contributed by atoms with Crippen molar-refractivity contribution in [2.45, 2.75) is 26.8 Å². The number of hydrogen-bond acceptors (Lipinski definition) is 5. The molecular weight excluding hydrogens is 344 g/mol. The van der Waals surface area contributed by atoms with E-state index in [1.165, 1.54) is 0 Å². The highest BCUT2D eigenvalue weighted by atomic mass is 16.5. The minimum Gasteiger partial charge on any atom is -0.490 e. The number of furan rings is 1. The zero-order valence-corrected chi connectivity index (χ0v) is 16.1. The average Bonchev–Trinajstić information content (AvgIpc) is 3.18. The lowest BCUT2D eigenvalue weighted by Crippen LogP contribution is -2.48. The van der Waals surface area contributed by atoms with Gasteiger partial charge in [0.25, 0.3) is 0 Å².